The average Bonchev–Trinajstić information content (AvgIpc) is 3.78. The van der Waals surface area contributed by atoms with E-state index in [0.717, 1.165) is 43.4 Å². The van der Waals surface area contributed by atoms with Gasteiger partial charge in [0, 0.05) is 0 Å². The molecule has 50 heavy (non-hydrogen) atoms. The average molecular weight is 705 g/mol. The molecule has 3 heterocycles. The van der Waals surface area contributed by atoms with E-state index in [0.29, 0.717) is 17.5 Å². The fraction of sp³-hybridized carbons (Fsp3) is 0. The van der Waals surface area contributed by atoms with E-state index in [2.05, 4.69) is 108 Å². The summed E-state index contributed by atoms with van der Waals surface area (Å²) in [6, 6.07) is 57.1. The van der Waals surface area contributed by atoms with Crippen LogP contribution in [0.1, 0.15) is 0 Å². The Balaban J connectivity index is 1.13. The summed E-state index contributed by atoms with van der Waals surface area (Å²) < 4.78 is 4.79. The molecule has 0 aliphatic carbocycles. The molecule has 0 N–H and O–H groups in total. The fourth-order valence-corrected chi connectivity index (χ4v) is 9.23. The summed E-state index contributed by atoms with van der Waals surface area (Å²) in [5.41, 5.74) is 8.65. The van der Waals surface area contributed by atoms with E-state index in [1.165, 1.54) is 31.5 Å². The molecule has 234 valence electrons. The second kappa shape index (κ2) is 11.7. The summed E-state index contributed by atoms with van der Waals surface area (Å²) >= 11 is 0.00817. The van der Waals surface area contributed by atoms with E-state index in [9.17, 15) is 0 Å². The van der Waals surface area contributed by atoms with Crippen molar-refractivity contribution in [2.45, 2.75) is 0 Å². The Bertz CT molecular complexity index is 2800. The fourth-order valence-electron chi connectivity index (χ4n) is 6.95. The topological polar surface area (TPSA) is 56.5 Å². The molecule has 0 saturated carbocycles. The Hall–Kier alpha value is -6.20. The van der Waals surface area contributed by atoms with Crippen LogP contribution < -0.4 is 0 Å². The molecule has 10 aromatic rings. The van der Waals surface area contributed by atoms with Crippen molar-refractivity contribution in [3.8, 4) is 50.0 Å². The predicted molar refractivity (Wildman–Crippen MR) is 206 cm³/mol. The van der Waals surface area contributed by atoms with Crippen LogP contribution in [0.15, 0.2) is 164 Å². The third-order valence-electron chi connectivity index (χ3n) is 9.29. The van der Waals surface area contributed by atoms with Gasteiger partial charge in [0.05, 0.1) is 0 Å². The zero-order valence-corrected chi connectivity index (χ0v) is 28.4. The zero-order valence-electron chi connectivity index (χ0n) is 26.7. The Kier molecular flexibility index (Phi) is 6.76. The number of nitrogens with zero attached hydrogens (tertiary/aromatic N) is 5. The molecule has 6 heteroatoms. The minimum absolute atomic E-state index is 0.00817. The maximum absolute atomic E-state index is 5.24. The van der Waals surface area contributed by atoms with Crippen LogP contribution in [0.5, 0.6) is 0 Å². The summed E-state index contributed by atoms with van der Waals surface area (Å²) in [5, 5.41) is 4.81. The van der Waals surface area contributed by atoms with Crippen LogP contribution in [0.25, 0.3) is 92.3 Å². The van der Waals surface area contributed by atoms with Gasteiger partial charge in [0.25, 0.3) is 0 Å². The van der Waals surface area contributed by atoms with Gasteiger partial charge in [-0.05, 0) is 0 Å². The number of hydrogen-bond donors (Lipinski definition) is 0. The molecule has 3 aromatic heterocycles. The summed E-state index contributed by atoms with van der Waals surface area (Å²) in [6.07, 6.45) is 0. The van der Waals surface area contributed by atoms with Crippen molar-refractivity contribution in [2.24, 2.45) is 0 Å². The van der Waals surface area contributed by atoms with Gasteiger partial charge >= 0.3 is 295 Å². The summed E-state index contributed by atoms with van der Waals surface area (Å²) in [6.45, 7) is 0. The standard InChI is InChI=1S/C44H27N5Se/c1-4-13-28(14-5-1)41-46-42(29-15-6-2-7-16-29)48-43(47-41)36-21-12-20-35-32(36)25-26-37-40(35)50-44(45-37)30-23-24-34-33-19-10-11-22-38(33)49(39(34)27-30)31-17-8-3-9-18-31/h1-27H. The third-order valence-corrected chi connectivity index (χ3v) is 11.7. The van der Waals surface area contributed by atoms with Gasteiger partial charge in [-0.1, -0.05) is 0 Å². The minimum atomic E-state index is 0.00817. The van der Waals surface area contributed by atoms with Gasteiger partial charge in [-0.3, -0.25) is 0 Å². The second-order valence-corrected chi connectivity index (χ2v) is 14.4. The van der Waals surface area contributed by atoms with Gasteiger partial charge in [0.15, 0.2) is 0 Å². The molecule has 0 fully saturated rings. The van der Waals surface area contributed by atoms with E-state index in [-0.39, 0.29) is 14.5 Å². The number of aromatic nitrogens is 5. The Labute approximate surface area is 293 Å². The monoisotopic (exact) mass is 705 g/mol. The number of fused-ring (bicyclic) bond motifs is 6. The quantitative estimate of drug-likeness (QED) is 0.167. The molecule has 0 aliphatic heterocycles. The van der Waals surface area contributed by atoms with Gasteiger partial charge in [-0.15, -0.1) is 0 Å². The van der Waals surface area contributed by atoms with Crippen LogP contribution >= 0.6 is 0 Å². The van der Waals surface area contributed by atoms with E-state index < -0.39 is 0 Å². The Morgan fingerprint density at radius 3 is 1.74 bits per heavy atom. The molecule has 0 amide bonds. The Morgan fingerprint density at radius 2 is 1.00 bits per heavy atom. The molecule has 0 saturated heterocycles. The molecule has 0 radical (unpaired) electrons. The number of hydrogen-bond acceptors (Lipinski definition) is 4. The molecular weight excluding hydrogens is 677 g/mol. The van der Waals surface area contributed by atoms with E-state index >= 15 is 0 Å². The van der Waals surface area contributed by atoms with Crippen LogP contribution in [-0.4, -0.2) is 39.0 Å². The predicted octanol–water partition coefficient (Wildman–Crippen LogP) is 10.4. The van der Waals surface area contributed by atoms with Crippen LogP contribution in [0.4, 0.5) is 0 Å². The van der Waals surface area contributed by atoms with Crippen molar-refractivity contribution in [1.29, 1.82) is 0 Å². The summed E-state index contributed by atoms with van der Waals surface area (Å²) in [7, 11) is 0. The van der Waals surface area contributed by atoms with Crippen molar-refractivity contribution in [2.75, 3.05) is 0 Å². The van der Waals surface area contributed by atoms with Crippen molar-refractivity contribution in [3.05, 3.63) is 164 Å². The van der Waals surface area contributed by atoms with Crippen LogP contribution in [-0.2, 0) is 0 Å². The van der Waals surface area contributed by atoms with Gasteiger partial charge in [-0.2, -0.15) is 0 Å². The van der Waals surface area contributed by atoms with Crippen LogP contribution in [0, 0.1) is 0 Å². The van der Waals surface area contributed by atoms with Crippen LogP contribution in [0.2, 0.25) is 0 Å². The zero-order chi connectivity index (χ0) is 33.0. The van der Waals surface area contributed by atoms with Crippen molar-refractivity contribution in [1.82, 2.24) is 24.5 Å². The number of para-hydroxylation sites is 2. The van der Waals surface area contributed by atoms with Gasteiger partial charge in [0.2, 0.25) is 0 Å². The van der Waals surface area contributed by atoms with Crippen molar-refractivity contribution < 1.29 is 0 Å². The first-order chi connectivity index (χ1) is 24.8. The van der Waals surface area contributed by atoms with Crippen molar-refractivity contribution >= 4 is 56.9 Å². The first-order valence-electron chi connectivity index (χ1n) is 16.6. The first-order valence-corrected chi connectivity index (χ1v) is 18.3. The van der Waals surface area contributed by atoms with Crippen molar-refractivity contribution in [3.63, 3.8) is 0 Å². The van der Waals surface area contributed by atoms with Crippen LogP contribution in [0.3, 0.4) is 0 Å². The second-order valence-electron chi connectivity index (χ2n) is 12.3. The maximum atomic E-state index is 5.24. The molecule has 0 atom stereocenters. The molecule has 0 bridgehead atoms. The molecule has 7 aromatic carbocycles. The number of rotatable bonds is 5. The summed E-state index contributed by atoms with van der Waals surface area (Å²) in [5.74, 6) is 1.98. The van der Waals surface area contributed by atoms with Gasteiger partial charge < -0.3 is 0 Å². The summed E-state index contributed by atoms with van der Waals surface area (Å²) in [4.78, 5) is 20.2. The molecular formula is C44H27N5Se. The SMILES string of the molecule is c1ccc(-c2nc(-c3ccccc3)nc(-c3cccc4c3ccc3nc(-c5ccc6c7ccccc7n(-c7ccccc7)c6c5)[se]c34)n2)cc1. The van der Waals surface area contributed by atoms with Gasteiger partial charge in [0.1, 0.15) is 0 Å². The molecule has 5 nitrogen and oxygen atoms in total. The van der Waals surface area contributed by atoms with E-state index in [4.69, 9.17) is 19.9 Å². The molecule has 0 aliphatic rings. The van der Waals surface area contributed by atoms with E-state index in [1.807, 2.05) is 60.7 Å². The number of benzene rings is 7. The Morgan fingerprint density at radius 1 is 0.400 bits per heavy atom. The molecule has 10 rings (SSSR count). The van der Waals surface area contributed by atoms with E-state index in [1.54, 1.807) is 0 Å². The molecule has 0 unspecified atom stereocenters. The normalized spacial score (nSPS) is 11.6. The first kappa shape index (κ1) is 28.8. The molecule has 0 spiro atoms. The third kappa shape index (κ3) is 4.77. The van der Waals surface area contributed by atoms with Gasteiger partial charge in [-0.25, -0.2) is 0 Å².